The Labute approximate surface area is 164 Å². The van der Waals surface area contributed by atoms with Crippen LogP contribution in [0.5, 0.6) is 0 Å². The second kappa shape index (κ2) is 9.67. The zero-order chi connectivity index (χ0) is 21.6. The molecule has 0 aromatic carbocycles. The van der Waals surface area contributed by atoms with Gasteiger partial charge in [0, 0.05) is 17.3 Å². The second-order valence-electron chi connectivity index (χ2n) is 9.83. The molecule has 0 saturated heterocycles. The SMILES string of the molecule is CC(C)OC(=O)CCC(N)C(=O)OC(C)(C)CCC(C)(C)C(=O)C(C)(C)C. The summed E-state index contributed by atoms with van der Waals surface area (Å²) < 4.78 is 10.6. The highest BCUT2D eigenvalue weighted by molar-refractivity contribution is 5.88. The van der Waals surface area contributed by atoms with Crippen LogP contribution >= 0.6 is 0 Å². The van der Waals surface area contributed by atoms with Crippen molar-refractivity contribution in [1.29, 1.82) is 0 Å². The summed E-state index contributed by atoms with van der Waals surface area (Å²) in [4.78, 5) is 36.4. The average Bonchev–Trinajstić information content (AvgIpc) is 2.48. The molecule has 0 saturated carbocycles. The average molecular weight is 386 g/mol. The van der Waals surface area contributed by atoms with E-state index >= 15 is 0 Å². The van der Waals surface area contributed by atoms with Crippen LogP contribution in [-0.4, -0.2) is 35.5 Å². The third kappa shape index (κ3) is 9.89. The van der Waals surface area contributed by atoms with Crippen molar-refractivity contribution < 1.29 is 23.9 Å². The van der Waals surface area contributed by atoms with Gasteiger partial charge in [-0.15, -0.1) is 0 Å². The molecule has 0 aliphatic heterocycles. The number of hydrogen-bond acceptors (Lipinski definition) is 6. The highest BCUT2D eigenvalue weighted by atomic mass is 16.6. The molecule has 0 spiro atoms. The molecule has 0 rings (SSSR count). The predicted molar refractivity (Wildman–Crippen MR) is 106 cm³/mol. The Morgan fingerprint density at radius 1 is 0.926 bits per heavy atom. The number of hydrogen-bond donors (Lipinski definition) is 1. The number of carbonyl (C=O) groups excluding carboxylic acids is 3. The van der Waals surface area contributed by atoms with Crippen LogP contribution in [0.4, 0.5) is 0 Å². The Kier molecular flexibility index (Phi) is 9.16. The van der Waals surface area contributed by atoms with Gasteiger partial charge in [0.05, 0.1) is 6.10 Å². The molecule has 0 aromatic rings. The van der Waals surface area contributed by atoms with Crippen molar-refractivity contribution in [3.63, 3.8) is 0 Å². The van der Waals surface area contributed by atoms with Crippen LogP contribution in [0.3, 0.4) is 0 Å². The van der Waals surface area contributed by atoms with E-state index in [-0.39, 0.29) is 30.7 Å². The summed E-state index contributed by atoms with van der Waals surface area (Å²) in [7, 11) is 0. The van der Waals surface area contributed by atoms with Gasteiger partial charge in [-0.3, -0.25) is 14.4 Å². The topological polar surface area (TPSA) is 95.7 Å². The third-order valence-corrected chi connectivity index (χ3v) is 4.35. The molecule has 0 aliphatic carbocycles. The molecule has 2 N–H and O–H groups in total. The molecule has 0 aliphatic rings. The minimum Gasteiger partial charge on any atom is -0.463 e. The van der Waals surface area contributed by atoms with Crippen LogP contribution in [0.25, 0.3) is 0 Å². The van der Waals surface area contributed by atoms with E-state index in [1.165, 1.54) is 0 Å². The standard InChI is InChI=1S/C21H39NO5/c1-14(2)26-16(23)11-10-15(22)17(24)27-21(8,9)13-12-20(6,7)18(25)19(3,4)5/h14-15H,10-13,22H2,1-9H3. The quantitative estimate of drug-likeness (QED) is 0.575. The highest BCUT2D eigenvalue weighted by Gasteiger charge is 2.38. The van der Waals surface area contributed by atoms with Crippen LogP contribution in [0.15, 0.2) is 0 Å². The van der Waals surface area contributed by atoms with E-state index in [4.69, 9.17) is 15.2 Å². The van der Waals surface area contributed by atoms with E-state index in [2.05, 4.69) is 0 Å². The maximum absolute atomic E-state index is 12.6. The largest absolute Gasteiger partial charge is 0.463 e. The lowest BCUT2D eigenvalue weighted by atomic mass is 9.71. The summed E-state index contributed by atoms with van der Waals surface area (Å²) in [5.41, 5.74) is 4.18. The summed E-state index contributed by atoms with van der Waals surface area (Å²) in [5, 5.41) is 0. The number of rotatable bonds is 10. The molecular weight excluding hydrogens is 346 g/mol. The second-order valence-corrected chi connectivity index (χ2v) is 9.83. The van der Waals surface area contributed by atoms with Crippen LogP contribution in [0.2, 0.25) is 0 Å². The van der Waals surface area contributed by atoms with E-state index in [1.807, 2.05) is 48.5 Å². The lowest BCUT2D eigenvalue weighted by molar-refractivity contribution is -0.159. The van der Waals surface area contributed by atoms with Crippen molar-refractivity contribution >= 4 is 17.7 Å². The molecule has 0 amide bonds. The summed E-state index contributed by atoms with van der Waals surface area (Å²) in [5.74, 6) is -0.746. The first-order valence-electron chi connectivity index (χ1n) is 9.71. The number of ketones is 1. The predicted octanol–water partition coefficient (Wildman–Crippen LogP) is 3.79. The first-order chi connectivity index (χ1) is 12.0. The molecule has 0 aromatic heterocycles. The molecule has 0 fully saturated rings. The Morgan fingerprint density at radius 3 is 1.89 bits per heavy atom. The molecule has 0 bridgehead atoms. The zero-order valence-electron chi connectivity index (χ0n) is 18.6. The molecular formula is C21H39NO5. The van der Waals surface area contributed by atoms with Gasteiger partial charge in [-0.05, 0) is 47.0 Å². The first-order valence-corrected chi connectivity index (χ1v) is 9.71. The fourth-order valence-corrected chi connectivity index (χ4v) is 2.85. The fraction of sp³-hybridized carbons (Fsp3) is 0.857. The zero-order valence-corrected chi connectivity index (χ0v) is 18.6. The van der Waals surface area contributed by atoms with Crippen molar-refractivity contribution in [3.05, 3.63) is 0 Å². The minimum atomic E-state index is -0.881. The number of Topliss-reactive ketones (excluding diaryl/α,β-unsaturated/α-hetero) is 1. The Bertz CT molecular complexity index is 529. The number of ether oxygens (including phenoxy) is 2. The minimum absolute atomic E-state index is 0.0714. The monoisotopic (exact) mass is 385 g/mol. The van der Waals surface area contributed by atoms with Crippen molar-refractivity contribution in [2.75, 3.05) is 0 Å². The molecule has 158 valence electrons. The molecule has 1 atom stereocenters. The Balaban J connectivity index is 4.62. The van der Waals surface area contributed by atoms with E-state index in [9.17, 15) is 14.4 Å². The van der Waals surface area contributed by atoms with Gasteiger partial charge in [0.25, 0.3) is 0 Å². The number of esters is 2. The van der Waals surface area contributed by atoms with Gasteiger partial charge in [-0.25, -0.2) is 0 Å². The molecule has 1 unspecified atom stereocenters. The van der Waals surface area contributed by atoms with Crippen molar-refractivity contribution in [2.45, 2.75) is 106 Å². The highest BCUT2D eigenvalue weighted by Crippen LogP contribution is 2.35. The number of carbonyl (C=O) groups is 3. The Hall–Kier alpha value is -1.43. The summed E-state index contributed by atoms with van der Waals surface area (Å²) in [6, 6.07) is -0.881. The third-order valence-electron chi connectivity index (χ3n) is 4.35. The molecule has 6 nitrogen and oxygen atoms in total. The molecule has 0 radical (unpaired) electrons. The van der Waals surface area contributed by atoms with Gasteiger partial charge in [0.15, 0.2) is 0 Å². The normalized spacial score (nSPS) is 14.0. The van der Waals surface area contributed by atoms with Crippen LogP contribution in [-0.2, 0) is 23.9 Å². The van der Waals surface area contributed by atoms with Gasteiger partial charge >= 0.3 is 11.9 Å². The Morgan fingerprint density at radius 2 is 1.44 bits per heavy atom. The fourth-order valence-electron chi connectivity index (χ4n) is 2.85. The lowest BCUT2D eigenvalue weighted by Crippen LogP contribution is -2.41. The van der Waals surface area contributed by atoms with E-state index in [0.29, 0.717) is 12.8 Å². The maximum Gasteiger partial charge on any atom is 0.323 e. The van der Waals surface area contributed by atoms with Crippen LogP contribution in [0.1, 0.15) is 88.0 Å². The van der Waals surface area contributed by atoms with E-state index < -0.39 is 28.4 Å². The molecule has 0 heterocycles. The lowest BCUT2D eigenvalue weighted by Gasteiger charge is -2.34. The summed E-state index contributed by atoms with van der Waals surface area (Å²) >= 11 is 0. The van der Waals surface area contributed by atoms with Gasteiger partial charge in [-0.1, -0.05) is 34.6 Å². The van der Waals surface area contributed by atoms with Crippen molar-refractivity contribution in [2.24, 2.45) is 16.6 Å². The summed E-state index contributed by atoms with van der Waals surface area (Å²) in [6.07, 6.45) is 1.18. The molecule has 6 heteroatoms. The van der Waals surface area contributed by atoms with Crippen LogP contribution < -0.4 is 5.73 Å². The van der Waals surface area contributed by atoms with E-state index in [1.54, 1.807) is 13.8 Å². The van der Waals surface area contributed by atoms with Crippen LogP contribution in [0, 0.1) is 10.8 Å². The van der Waals surface area contributed by atoms with Crippen molar-refractivity contribution in [3.8, 4) is 0 Å². The smallest absolute Gasteiger partial charge is 0.323 e. The molecule has 27 heavy (non-hydrogen) atoms. The van der Waals surface area contributed by atoms with Gasteiger partial charge in [0.1, 0.15) is 17.4 Å². The first kappa shape index (κ1) is 25.6. The van der Waals surface area contributed by atoms with Crippen molar-refractivity contribution in [1.82, 2.24) is 0 Å². The summed E-state index contributed by atoms with van der Waals surface area (Å²) in [6.45, 7) is 16.7. The van der Waals surface area contributed by atoms with Gasteiger partial charge in [-0.2, -0.15) is 0 Å². The maximum atomic E-state index is 12.6. The number of nitrogens with two attached hydrogens (primary N) is 1. The van der Waals surface area contributed by atoms with E-state index in [0.717, 1.165) is 0 Å². The van der Waals surface area contributed by atoms with Gasteiger partial charge < -0.3 is 15.2 Å². The van der Waals surface area contributed by atoms with Gasteiger partial charge in [0.2, 0.25) is 0 Å².